The van der Waals surface area contributed by atoms with E-state index in [1.807, 2.05) is 13.0 Å². The zero-order valence-corrected chi connectivity index (χ0v) is 9.53. The first-order valence-corrected chi connectivity index (χ1v) is 5.28. The molecule has 1 aromatic carbocycles. The van der Waals surface area contributed by atoms with Gasteiger partial charge in [-0.1, -0.05) is 0 Å². The van der Waals surface area contributed by atoms with Crippen LogP contribution in [0.4, 0.5) is 5.69 Å². The first-order chi connectivity index (χ1) is 8.15. The Hall–Kier alpha value is -2.30. The molecule has 0 saturated heterocycles. The van der Waals surface area contributed by atoms with Crippen LogP contribution in [0.5, 0.6) is 0 Å². The zero-order chi connectivity index (χ0) is 12.3. The zero-order valence-electron chi connectivity index (χ0n) is 9.53. The van der Waals surface area contributed by atoms with Gasteiger partial charge in [-0.2, -0.15) is 0 Å². The number of aryl methyl sites for hydroxylation is 1. The second-order valence-corrected chi connectivity index (χ2v) is 3.89. The summed E-state index contributed by atoms with van der Waals surface area (Å²) >= 11 is 0. The molecule has 1 amide bonds. The number of aromatic amines is 1. The number of H-pyrrole nitrogens is 1. The van der Waals surface area contributed by atoms with Crippen molar-refractivity contribution in [2.45, 2.75) is 13.5 Å². The van der Waals surface area contributed by atoms with Crippen LogP contribution in [-0.4, -0.2) is 15.9 Å². The molecular formula is C12H14N4O. The molecule has 2 rings (SSSR count). The summed E-state index contributed by atoms with van der Waals surface area (Å²) in [4.78, 5) is 18.6. The summed E-state index contributed by atoms with van der Waals surface area (Å²) in [5.74, 6) is -0.144. The molecule has 88 valence electrons. The number of hydrogen-bond donors (Lipinski definition) is 3. The molecule has 5 nitrogen and oxygen atoms in total. The summed E-state index contributed by atoms with van der Waals surface area (Å²) in [5.41, 5.74) is 8.69. The van der Waals surface area contributed by atoms with Crippen molar-refractivity contribution in [1.29, 1.82) is 0 Å². The van der Waals surface area contributed by atoms with Crippen LogP contribution in [0.2, 0.25) is 0 Å². The summed E-state index contributed by atoms with van der Waals surface area (Å²) in [5, 5.41) is 2.79. The van der Waals surface area contributed by atoms with Crippen LogP contribution in [-0.2, 0) is 6.54 Å². The number of imidazole rings is 1. The van der Waals surface area contributed by atoms with Gasteiger partial charge in [0.1, 0.15) is 0 Å². The maximum atomic E-state index is 11.8. The average Bonchev–Trinajstić information content (AvgIpc) is 2.77. The Morgan fingerprint density at radius 1 is 1.47 bits per heavy atom. The number of aromatic nitrogens is 2. The number of amides is 1. The Morgan fingerprint density at radius 3 is 2.94 bits per heavy atom. The van der Waals surface area contributed by atoms with E-state index in [-0.39, 0.29) is 5.91 Å². The average molecular weight is 230 g/mol. The quantitative estimate of drug-likeness (QED) is 0.693. The van der Waals surface area contributed by atoms with Crippen molar-refractivity contribution < 1.29 is 4.79 Å². The maximum absolute atomic E-state index is 11.8. The standard InChI is InChI=1S/C12H14N4O/c1-8-2-9(4-10(13)3-8)12(17)15-6-11-5-14-7-16-11/h2-5,7H,6,13H2,1H3,(H,14,16)(H,15,17). The van der Waals surface area contributed by atoms with E-state index in [0.29, 0.717) is 17.8 Å². The minimum absolute atomic E-state index is 0.144. The number of nitrogens with zero attached hydrogens (tertiary/aromatic N) is 1. The van der Waals surface area contributed by atoms with Crippen molar-refractivity contribution in [2.75, 3.05) is 5.73 Å². The van der Waals surface area contributed by atoms with Crippen molar-refractivity contribution in [1.82, 2.24) is 15.3 Å². The fourth-order valence-electron chi connectivity index (χ4n) is 1.60. The summed E-state index contributed by atoms with van der Waals surface area (Å²) in [6, 6.07) is 5.29. The SMILES string of the molecule is Cc1cc(N)cc(C(=O)NCc2cnc[nH]2)c1. The molecule has 0 fully saturated rings. The molecule has 0 atom stereocenters. The number of carbonyl (C=O) groups excluding carboxylic acids is 1. The molecule has 0 radical (unpaired) electrons. The normalized spacial score (nSPS) is 10.2. The van der Waals surface area contributed by atoms with E-state index in [2.05, 4.69) is 15.3 Å². The third-order valence-electron chi connectivity index (χ3n) is 2.36. The van der Waals surface area contributed by atoms with Gasteiger partial charge in [-0.15, -0.1) is 0 Å². The molecule has 4 N–H and O–H groups in total. The van der Waals surface area contributed by atoms with Gasteiger partial charge in [0.25, 0.3) is 5.91 Å². The highest BCUT2D eigenvalue weighted by Crippen LogP contribution is 2.11. The van der Waals surface area contributed by atoms with Crippen LogP contribution in [0.15, 0.2) is 30.7 Å². The molecule has 2 aromatic rings. The molecule has 17 heavy (non-hydrogen) atoms. The van der Waals surface area contributed by atoms with E-state index in [1.165, 1.54) is 0 Å². The van der Waals surface area contributed by atoms with Crippen LogP contribution in [0.3, 0.4) is 0 Å². The molecule has 0 aliphatic rings. The molecule has 0 aliphatic heterocycles. The summed E-state index contributed by atoms with van der Waals surface area (Å²) in [7, 11) is 0. The van der Waals surface area contributed by atoms with Crippen molar-refractivity contribution in [3.63, 3.8) is 0 Å². The van der Waals surface area contributed by atoms with Crippen molar-refractivity contribution in [2.24, 2.45) is 0 Å². The highest BCUT2D eigenvalue weighted by atomic mass is 16.1. The Morgan fingerprint density at radius 2 is 2.29 bits per heavy atom. The van der Waals surface area contributed by atoms with E-state index >= 15 is 0 Å². The predicted molar refractivity (Wildman–Crippen MR) is 65.3 cm³/mol. The topological polar surface area (TPSA) is 83.8 Å². The number of hydrogen-bond acceptors (Lipinski definition) is 3. The molecule has 0 saturated carbocycles. The van der Waals surface area contributed by atoms with E-state index in [0.717, 1.165) is 11.3 Å². The highest BCUT2D eigenvalue weighted by molar-refractivity contribution is 5.95. The lowest BCUT2D eigenvalue weighted by atomic mass is 10.1. The van der Waals surface area contributed by atoms with Gasteiger partial charge in [0.05, 0.1) is 18.6 Å². The Bertz CT molecular complexity index is 499. The molecule has 0 unspecified atom stereocenters. The van der Waals surface area contributed by atoms with Crippen molar-refractivity contribution >= 4 is 11.6 Å². The van der Waals surface area contributed by atoms with Gasteiger partial charge in [-0.25, -0.2) is 4.98 Å². The fourth-order valence-corrected chi connectivity index (χ4v) is 1.60. The molecule has 0 aliphatic carbocycles. The van der Waals surface area contributed by atoms with Crippen LogP contribution < -0.4 is 11.1 Å². The second kappa shape index (κ2) is 4.69. The number of benzene rings is 1. The molecule has 1 aromatic heterocycles. The number of nitrogens with one attached hydrogen (secondary N) is 2. The fraction of sp³-hybridized carbons (Fsp3) is 0.167. The largest absolute Gasteiger partial charge is 0.399 e. The number of nitrogen functional groups attached to an aromatic ring is 1. The lowest BCUT2D eigenvalue weighted by molar-refractivity contribution is 0.0950. The van der Waals surface area contributed by atoms with Crippen molar-refractivity contribution in [3.8, 4) is 0 Å². The number of anilines is 1. The Labute approximate surface area is 99.1 Å². The van der Waals surface area contributed by atoms with Gasteiger partial charge in [0.2, 0.25) is 0 Å². The first-order valence-electron chi connectivity index (χ1n) is 5.28. The van der Waals surface area contributed by atoms with E-state index < -0.39 is 0 Å². The van der Waals surface area contributed by atoms with Crippen LogP contribution >= 0.6 is 0 Å². The molecule has 0 bridgehead atoms. The molecule has 0 spiro atoms. The summed E-state index contributed by atoms with van der Waals surface area (Å²) < 4.78 is 0. The first kappa shape index (κ1) is 11.2. The number of carbonyl (C=O) groups is 1. The van der Waals surface area contributed by atoms with Crippen LogP contribution in [0, 0.1) is 6.92 Å². The third kappa shape index (κ3) is 2.84. The lowest BCUT2D eigenvalue weighted by Crippen LogP contribution is -2.23. The highest BCUT2D eigenvalue weighted by Gasteiger charge is 2.06. The second-order valence-electron chi connectivity index (χ2n) is 3.89. The molecule has 1 heterocycles. The van der Waals surface area contributed by atoms with Gasteiger partial charge in [0.15, 0.2) is 0 Å². The van der Waals surface area contributed by atoms with Gasteiger partial charge >= 0.3 is 0 Å². The Kier molecular flexibility index (Phi) is 3.09. The number of rotatable bonds is 3. The van der Waals surface area contributed by atoms with Gasteiger partial charge in [0, 0.05) is 17.4 Å². The van der Waals surface area contributed by atoms with Gasteiger partial charge in [-0.3, -0.25) is 4.79 Å². The molecular weight excluding hydrogens is 216 g/mol. The molecule has 5 heteroatoms. The lowest BCUT2D eigenvalue weighted by Gasteiger charge is -2.05. The van der Waals surface area contributed by atoms with Gasteiger partial charge < -0.3 is 16.0 Å². The maximum Gasteiger partial charge on any atom is 0.251 e. The number of nitrogens with two attached hydrogens (primary N) is 1. The third-order valence-corrected chi connectivity index (χ3v) is 2.36. The van der Waals surface area contributed by atoms with Crippen molar-refractivity contribution in [3.05, 3.63) is 47.5 Å². The minimum Gasteiger partial charge on any atom is -0.399 e. The Balaban J connectivity index is 2.04. The minimum atomic E-state index is -0.144. The van der Waals surface area contributed by atoms with E-state index in [4.69, 9.17) is 5.73 Å². The monoisotopic (exact) mass is 230 g/mol. The van der Waals surface area contributed by atoms with Crippen LogP contribution in [0.1, 0.15) is 21.6 Å². The van der Waals surface area contributed by atoms with E-state index in [9.17, 15) is 4.79 Å². The van der Waals surface area contributed by atoms with E-state index in [1.54, 1.807) is 24.7 Å². The summed E-state index contributed by atoms with van der Waals surface area (Å²) in [6.07, 6.45) is 3.25. The predicted octanol–water partition coefficient (Wildman–Crippen LogP) is 1.23. The van der Waals surface area contributed by atoms with Gasteiger partial charge in [-0.05, 0) is 30.7 Å². The van der Waals surface area contributed by atoms with Crippen LogP contribution in [0.25, 0.3) is 0 Å². The summed E-state index contributed by atoms with van der Waals surface area (Å²) in [6.45, 7) is 2.33. The smallest absolute Gasteiger partial charge is 0.251 e.